The lowest BCUT2D eigenvalue weighted by Crippen LogP contribution is -2.47. The molecule has 0 saturated carbocycles. The van der Waals surface area contributed by atoms with Crippen LogP contribution in [0.3, 0.4) is 0 Å². The number of hydrogen-bond donors (Lipinski definition) is 0. The van der Waals surface area contributed by atoms with Crippen molar-refractivity contribution in [1.82, 2.24) is 14.5 Å². The molecule has 226 valence electrons. The van der Waals surface area contributed by atoms with Gasteiger partial charge in [-0.1, -0.05) is 6.07 Å². The average Bonchev–Trinajstić information content (AvgIpc) is 3.48. The first-order valence-electron chi connectivity index (χ1n) is 14.7. The van der Waals surface area contributed by atoms with Crippen LogP contribution in [0.25, 0.3) is 10.1 Å². The van der Waals surface area contributed by atoms with Crippen LogP contribution in [0.5, 0.6) is 5.75 Å². The zero-order chi connectivity index (χ0) is 30.7. The van der Waals surface area contributed by atoms with E-state index in [4.69, 9.17) is 4.74 Å². The summed E-state index contributed by atoms with van der Waals surface area (Å²) in [5.41, 5.74) is 2.34. The summed E-state index contributed by atoms with van der Waals surface area (Å²) in [6.45, 7) is 10.9. The van der Waals surface area contributed by atoms with Crippen molar-refractivity contribution in [3.8, 4) is 5.75 Å². The predicted octanol–water partition coefficient (Wildman–Crippen LogP) is 5.09. The molecule has 0 radical (unpaired) electrons. The van der Waals surface area contributed by atoms with Crippen molar-refractivity contribution in [2.75, 3.05) is 43.1 Å². The molecule has 1 aliphatic heterocycles. The van der Waals surface area contributed by atoms with Gasteiger partial charge in [-0.3, -0.25) is 24.3 Å². The van der Waals surface area contributed by atoms with Crippen molar-refractivity contribution in [2.45, 2.75) is 47.2 Å². The Balaban J connectivity index is 1.25. The van der Waals surface area contributed by atoms with Crippen molar-refractivity contribution in [3.63, 3.8) is 0 Å². The molecule has 9 nitrogen and oxygen atoms in total. The van der Waals surface area contributed by atoms with Gasteiger partial charge in [0.15, 0.2) is 0 Å². The van der Waals surface area contributed by atoms with Gasteiger partial charge in [0.2, 0.25) is 11.8 Å². The number of amides is 2. The molecular weight excluding hydrogens is 562 g/mol. The molecule has 43 heavy (non-hydrogen) atoms. The molecule has 0 spiro atoms. The number of fused-ring (bicyclic) bond motifs is 2. The van der Waals surface area contributed by atoms with E-state index in [1.165, 1.54) is 0 Å². The Labute approximate surface area is 256 Å². The van der Waals surface area contributed by atoms with Crippen molar-refractivity contribution >= 4 is 44.6 Å². The summed E-state index contributed by atoms with van der Waals surface area (Å²) in [7, 11) is 1.71. The molecule has 4 aromatic rings. The third-order valence-electron chi connectivity index (χ3n) is 8.05. The molecule has 0 N–H and O–H groups in total. The topological polar surface area (TPSA) is 88.0 Å². The van der Waals surface area contributed by atoms with Crippen LogP contribution in [0, 0.1) is 12.3 Å². The van der Waals surface area contributed by atoms with E-state index < -0.39 is 5.41 Å². The van der Waals surface area contributed by atoms with E-state index in [2.05, 4.69) is 16.0 Å². The van der Waals surface area contributed by atoms with Crippen LogP contribution in [0.15, 0.2) is 65.0 Å². The summed E-state index contributed by atoms with van der Waals surface area (Å²) in [4.78, 5) is 49.3. The Bertz CT molecular complexity index is 1680. The van der Waals surface area contributed by atoms with Crippen LogP contribution in [-0.4, -0.2) is 59.6 Å². The number of pyridine rings is 2. The van der Waals surface area contributed by atoms with Crippen molar-refractivity contribution in [1.29, 1.82) is 0 Å². The number of carbonyl (C=O) groups is 2. The number of carbonyl (C=O) groups excluding carboxylic acids is 2. The molecule has 1 aromatic carbocycles. The molecular formula is C33H39N5O4S. The first kappa shape index (κ1) is 30.4. The number of nitrogens with zero attached hydrogens (tertiary/aromatic N) is 5. The second kappa shape index (κ2) is 12.7. The minimum Gasteiger partial charge on any atom is -0.493 e. The number of ether oxygens (including phenoxy) is 1. The van der Waals surface area contributed by atoms with E-state index in [0.29, 0.717) is 49.9 Å². The summed E-state index contributed by atoms with van der Waals surface area (Å²) >= 11 is 1.58. The molecule has 3 aromatic heterocycles. The van der Waals surface area contributed by atoms with E-state index in [1.807, 2.05) is 68.0 Å². The van der Waals surface area contributed by atoms with Gasteiger partial charge in [0.1, 0.15) is 11.2 Å². The summed E-state index contributed by atoms with van der Waals surface area (Å²) in [6, 6.07) is 13.6. The van der Waals surface area contributed by atoms with Crippen LogP contribution in [-0.2, 0) is 22.7 Å². The molecule has 0 saturated heterocycles. The van der Waals surface area contributed by atoms with Gasteiger partial charge in [-0.15, -0.1) is 11.3 Å². The molecule has 5 rings (SSSR count). The Morgan fingerprint density at radius 2 is 1.81 bits per heavy atom. The molecule has 0 atom stereocenters. The normalized spacial score (nSPS) is 14.8. The van der Waals surface area contributed by atoms with Crippen molar-refractivity contribution in [2.24, 2.45) is 5.41 Å². The highest BCUT2D eigenvalue weighted by molar-refractivity contribution is 7.17. The van der Waals surface area contributed by atoms with Crippen LogP contribution < -0.4 is 20.1 Å². The largest absolute Gasteiger partial charge is 0.493 e. The van der Waals surface area contributed by atoms with Gasteiger partial charge in [-0.25, -0.2) is 0 Å². The molecule has 10 heteroatoms. The molecule has 0 bridgehead atoms. The maximum atomic E-state index is 13.2. The second-order valence-electron chi connectivity index (χ2n) is 11.5. The first-order chi connectivity index (χ1) is 20.6. The second-order valence-corrected chi connectivity index (χ2v) is 12.4. The number of benzene rings is 1. The van der Waals surface area contributed by atoms with Crippen LogP contribution >= 0.6 is 11.3 Å². The van der Waals surface area contributed by atoms with Gasteiger partial charge < -0.3 is 19.1 Å². The average molecular weight is 602 g/mol. The number of aryl methyl sites for hydroxylation is 1. The highest BCUT2D eigenvalue weighted by atomic mass is 32.1. The highest BCUT2D eigenvalue weighted by Gasteiger charge is 2.45. The van der Waals surface area contributed by atoms with Crippen molar-refractivity contribution in [3.05, 3.63) is 81.8 Å². The smallest absolute Gasteiger partial charge is 0.259 e. The number of thiophene rings is 1. The van der Waals surface area contributed by atoms with Gasteiger partial charge in [-0.05, 0) is 75.4 Å². The third-order valence-corrected chi connectivity index (χ3v) is 8.93. The van der Waals surface area contributed by atoms with E-state index in [9.17, 15) is 14.4 Å². The fraction of sp³-hybridized carbons (Fsp3) is 0.394. The fourth-order valence-corrected chi connectivity index (χ4v) is 6.27. The summed E-state index contributed by atoms with van der Waals surface area (Å²) in [5.74, 6) is 0.192. The Kier molecular flexibility index (Phi) is 8.98. The number of rotatable bonds is 11. The van der Waals surface area contributed by atoms with Gasteiger partial charge in [0, 0.05) is 68.6 Å². The predicted molar refractivity (Wildman–Crippen MR) is 172 cm³/mol. The minimum absolute atomic E-state index is 0.0393. The first-order valence-corrected chi connectivity index (χ1v) is 15.6. The zero-order valence-corrected chi connectivity index (χ0v) is 26.3. The molecule has 0 fully saturated rings. The maximum Gasteiger partial charge on any atom is 0.259 e. The fourth-order valence-electron chi connectivity index (χ4n) is 5.50. The number of anilines is 2. The molecule has 2 amide bonds. The van der Waals surface area contributed by atoms with E-state index in [0.717, 1.165) is 34.3 Å². The lowest BCUT2D eigenvalue weighted by molar-refractivity contribution is -0.137. The summed E-state index contributed by atoms with van der Waals surface area (Å²) in [5, 5.41) is 2.71. The van der Waals surface area contributed by atoms with Crippen LogP contribution in [0.1, 0.15) is 38.4 Å². The number of hydrogen-bond acceptors (Lipinski definition) is 7. The van der Waals surface area contributed by atoms with Gasteiger partial charge in [0.05, 0.1) is 23.4 Å². The van der Waals surface area contributed by atoms with Gasteiger partial charge in [-0.2, -0.15) is 0 Å². The third kappa shape index (κ3) is 6.35. The van der Waals surface area contributed by atoms with E-state index in [-0.39, 0.29) is 17.4 Å². The lowest BCUT2D eigenvalue weighted by atomic mass is 9.90. The SMILES string of the molecule is CCN1C(=O)C(C)(C)C(=O)N(C)c2cc(OCCCN(CCn3ccc4sccc4c3=O)Cc3ccc(C)nc3)ccc21. The molecule has 1 aliphatic rings. The molecule has 0 unspecified atom stereocenters. The minimum atomic E-state index is -1.15. The lowest BCUT2D eigenvalue weighted by Gasteiger charge is -2.27. The van der Waals surface area contributed by atoms with Gasteiger partial charge in [0.25, 0.3) is 5.56 Å². The van der Waals surface area contributed by atoms with Crippen LogP contribution in [0.4, 0.5) is 11.4 Å². The van der Waals surface area contributed by atoms with Crippen molar-refractivity contribution < 1.29 is 14.3 Å². The quantitative estimate of drug-likeness (QED) is 0.176. The van der Waals surface area contributed by atoms with E-state index in [1.54, 1.807) is 46.6 Å². The van der Waals surface area contributed by atoms with Gasteiger partial charge >= 0.3 is 0 Å². The Morgan fingerprint density at radius 1 is 1.00 bits per heavy atom. The monoisotopic (exact) mass is 601 g/mol. The standard InChI is InChI=1S/C33H39N5O4S/c1-6-38-27-11-10-25(20-28(27)35(5)31(40)33(3,4)32(38)41)42-18-7-14-36(22-24-9-8-23(2)34-21-24)16-17-37-15-12-29-26(30(37)39)13-19-43-29/h8-13,15,19-21H,6-7,14,16-18,22H2,1-5H3. The highest BCUT2D eigenvalue weighted by Crippen LogP contribution is 2.40. The Morgan fingerprint density at radius 3 is 2.56 bits per heavy atom. The molecule has 4 heterocycles. The zero-order valence-electron chi connectivity index (χ0n) is 25.5. The number of aromatic nitrogens is 2. The summed E-state index contributed by atoms with van der Waals surface area (Å²) in [6.07, 6.45) is 4.54. The summed E-state index contributed by atoms with van der Waals surface area (Å²) < 4.78 is 8.94. The molecule has 0 aliphatic carbocycles. The Hall–Kier alpha value is -4.02. The maximum absolute atomic E-state index is 13.2. The van der Waals surface area contributed by atoms with Crippen LogP contribution in [0.2, 0.25) is 0 Å². The van der Waals surface area contributed by atoms with E-state index >= 15 is 0 Å².